The van der Waals surface area contributed by atoms with Crippen molar-refractivity contribution in [3.63, 3.8) is 0 Å². The molecular weight excluding hydrogens is 693 g/mol. The molecule has 0 fully saturated rings. The maximum Gasteiger partial charge on any atom is 0.164 e. The van der Waals surface area contributed by atoms with Gasteiger partial charge in [0.2, 0.25) is 0 Å². The van der Waals surface area contributed by atoms with Crippen LogP contribution in [0.1, 0.15) is 25.0 Å². The second-order valence-corrected chi connectivity index (χ2v) is 15.5. The molecule has 3 aromatic heterocycles. The molecule has 260 valence electrons. The predicted octanol–water partition coefficient (Wildman–Crippen LogP) is 13.0. The Morgan fingerprint density at radius 2 is 1.11 bits per heavy atom. The van der Waals surface area contributed by atoms with Gasteiger partial charge in [-0.2, -0.15) is 0 Å². The topological polar surface area (TPSA) is 64.7 Å². The molecule has 0 unspecified atom stereocenters. The zero-order valence-electron chi connectivity index (χ0n) is 30.1. The van der Waals surface area contributed by atoms with E-state index in [9.17, 15) is 0 Å². The Morgan fingerprint density at radius 1 is 0.509 bits per heavy atom. The SMILES string of the molecule is CC1(C)c2cc(-c3ccc(-c4cccc(-c5nc(-c6ccccc6)nc(-c6ccccc6)n5)c4)c4c3oc3ccccc34)ccc2-c2ccc3scnc3c21. The fraction of sp³-hybridized carbons (Fsp3) is 0.0612. The molecular formula is C49H32N4OS. The summed E-state index contributed by atoms with van der Waals surface area (Å²) < 4.78 is 8.01. The van der Waals surface area contributed by atoms with E-state index in [1.807, 2.05) is 72.2 Å². The molecule has 5 nitrogen and oxygen atoms in total. The van der Waals surface area contributed by atoms with Gasteiger partial charge in [0.05, 0.1) is 15.7 Å². The molecule has 0 aliphatic heterocycles. The fourth-order valence-electron chi connectivity index (χ4n) is 8.45. The van der Waals surface area contributed by atoms with Crippen molar-refractivity contribution in [3.05, 3.63) is 168 Å². The molecule has 11 rings (SSSR count). The summed E-state index contributed by atoms with van der Waals surface area (Å²) in [6, 6.07) is 52.8. The van der Waals surface area contributed by atoms with Crippen molar-refractivity contribution in [2.45, 2.75) is 19.3 Å². The predicted molar refractivity (Wildman–Crippen MR) is 225 cm³/mol. The maximum absolute atomic E-state index is 6.78. The van der Waals surface area contributed by atoms with Crippen molar-refractivity contribution in [3.8, 4) is 67.5 Å². The van der Waals surface area contributed by atoms with E-state index in [0.29, 0.717) is 17.5 Å². The molecule has 6 heteroatoms. The molecule has 10 aromatic rings. The molecule has 55 heavy (non-hydrogen) atoms. The number of para-hydroxylation sites is 1. The van der Waals surface area contributed by atoms with Crippen molar-refractivity contribution >= 4 is 43.5 Å². The smallest absolute Gasteiger partial charge is 0.164 e. The first-order chi connectivity index (χ1) is 27.0. The highest BCUT2D eigenvalue weighted by atomic mass is 32.1. The third-order valence-electron chi connectivity index (χ3n) is 11.1. The number of benzene rings is 7. The second kappa shape index (κ2) is 12.1. The van der Waals surface area contributed by atoms with Gasteiger partial charge in [-0.05, 0) is 69.3 Å². The summed E-state index contributed by atoms with van der Waals surface area (Å²) in [5, 5.41) is 2.17. The summed E-state index contributed by atoms with van der Waals surface area (Å²) >= 11 is 1.70. The molecule has 1 aliphatic carbocycles. The van der Waals surface area contributed by atoms with E-state index < -0.39 is 0 Å². The lowest BCUT2D eigenvalue weighted by Gasteiger charge is -2.22. The first kappa shape index (κ1) is 31.7. The maximum atomic E-state index is 6.78. The lowest BCUT2D eigenvalue weighted by atomic mass is 9.81. The van der Waals surface area contributed by atoms with Crippen LogP contribution in [0, 0.1) is 0 Å². The minimum atomic E-state index is -0.197. The summed E-state index contributed by atoms with van der Waals surface area (Å²) in [6.45, 7) is 4.65. The van der Waals surface area contributed by atoms with Crippen molar-refractivity contribution in [1.29, 1.82) is 0 Å². The average molecular weight is 725 g/mol. The van der Waals surface area contributed by atoms with Gasteiger partial charge in [-0.15, -0.1) is 11.3 Å². The van der Waals surface area contributed by atoms with Crippen LogP contribution in [-0.4, -0.2) is 19.9 Å². The number of aromatic nitrogens is 4. The van der Waals surface area contributed by atoms with Crippen LogP contribution in [0.4, 0.5) is 0 Å². The summed E-state index contributed by atoms with van der Waals surface area (Å²) in [5.74, 6) is 1.90. The average Bonchev–Trinajstić information content (AvgIpc) is 3.94. The lowest BCUT2D eigenvalue weighted by Crippen LogP contribution is -2.15. The third-order valence-corrected chi connectivity index (χ3v) is 11.9. The monoisotopic (exact) mass is 724 g/mol. The van der Waals surface area contributed by atoms with Gasteiger partial charge in [-0.3, -0.25) is 0 Å². The van der Waals surface area contributed by atoms with E-state index in [0.717, 1.165) is 66.4 Å². The Morgan fingerprint density at radius 3 is 1.87 bits per heavy atom. The van der Waals surface area contributed by atoms with Gasteiger partial charge in [0.15, 0.2) is 17.5 Å². The van der Waals surface area contributed by atoms with Crippen LogP contribution in [0.15, 0.2) is 162 Å². The molecule has 0 bridgehead atoms. The molecule has 0 saturated carbocycles. The number of fused-ring (bicyclic) bond motifs is 8. The molecule has 0 spiro atoms. The Hall–Kier alpha value is -6.76. The molecule has 0 amide bonds. The van der Waals surface area contributed by atoms with Gasteiger partial charge in [0.25, 0.3) is 0 Å². The van der Waals surface area contributed by atoms with E-state index in [1.165, 1.54) is 27.0 Å². The van der Waals surface area contributed by atoms with E-state index in [-0.39, 0.29) is 5.41 Å². The standard InChI is InChI=1S/C49H32N4OS/c1-49(2)39-27-32(20-21-36(39)37-24-25-41-44(43(37)49)50-28-55-41)35-23-22-34(42-38-18-9-10-19-40(38)54-45(35)42)31-16-11-17-33(26-31)48-52-46(29-12-5-3-6-13-29)51-47(53-48)30-14-7-4-8-15-30/h3-28H,1-2H3. The first-order valence-electron chi connectivity index (χ1n) is 18.5. The van der Waals surface area contributed by atoms with Gasteiger partial charge < -0.3 is 4.42 Å². The number of nitrogens with zero attached hydrogens (tertiary/aromatic N) is 4. The normalized spacial score (nSPS) is 13.1. The Bertz CT molecular complexity index is 3070. The van der Waals surface area contributed by atoms with Gasteiger partial charge >= 0.3 is 0 Å². The van der Waals surface area contributed by atoms with Crippen LogP contribution in [0.25, 0.3) is 99.7 Å². The molecule has 0 radical (unpaired) electrons. The molecule has 0 saturated heterocycles. The highest BCUT2D eigenvalue weighted by Crippen LogP contribution is 2.53. The van der Waals surface area contributed by atoms with Crippen molar-refractivity contribution in [2.24, 2.45) is 0 Å². The van der Waals surface area contributed by atoms with Gasteiger partial charge in [0, 0.05) is 38.4 Å². The van der Waals surface area contributed by atoms with E-state index in [4.69, 9.17) is 24.4 Å². The number of thiazole rings is 1. The van der Waals surface area contributed by atoms with E-state index >= 15 is 0 Å². The van der Waals surface area contributed by atoms with Crippen LogP contribution >= 0.6 is 11.3 Å². The summed E-state index contributed by atoms with van der Waals surface area (Å²) in [4.78, 5) is 19.7. The second-order valence-electron chi connectivity index (χ2n) is 14.7. The number of hydrogen-bond acceptors (Lipinski definition) is 6. The highest BCUT2D eigenvalue weighted by Gasteiger charge is 2.38. The molecule has 7 aromatic carbocycles. The highest BCUT2D eigenvalue weighted by molar-refractivity contribution is 7.16. The minimum Gasteiger partial charge on any atom is -0.455 e. The number of rotatable bonds is 5. The Labute approximate surface area is 321 Å². The van der Waals surface area contributed by atoms with Crippen LogP contribution in [0.5, 0.6) is 0 Å². The van der Waals surface area contributed by atoms with Crippen molar-refractivity contribution in [2.75, 3.05) is 0 Å². The molecule has 0 N–H and O–H groups in total. The van der Waals surface area contributed by atoms with Gasteiger partial charge in [-0.1, -0.05) is 135 Å². The summed E-state index contributed by atoms with van der Waals surface area (Å²) in [5.41, 5.74) is 16.9. The van der Waals surface area contributed by atoms with Crippen LogP contribution in [0.2, 0.25) is 0 Å². The Balaban J connectivity index is 1.06. The third kappa shape index (κ3) is 4.99. The van der Waals surface area contributed by atoms with Gasteiger partial charge in [0.1, 0.15) is 11.2 Å². The first-order valence-corrected chi connectivity index (χ1v) is 19.3. The molecule has 0 atom stereocenters. The summed E-state index contributed by atoms with van der Waals surface area (Å²) in [6.07, 6.45) is 0. The Kier molecular flexibility index (Phi) is 7.00. The van der Waals surface area contributed by atoms with E-state index in [1.54, 1.807) is 11.3 Å². The van der Waals surface area contributed by atoms with Crippen LogP contribution in [-0.2, 0) is 5.41 Å². The zero-order chi connectivity index (χ0) is 36.7. The lowest BCUT2D eigenvalue weighted by molar-refractivity contribution is 0.664. The molecule has 3 heterocycles. The van der Waals surface area contributed by atoms with Crippen molar-refractivity contribution in [1.82, 2.24) is 19.9 Å². The van der Waals surface area contributed by atoms with Gasteiger partial charge in [-0.25, -0.2) is 19.9 Å². The largest absolute Gasteiger partial charge is 0.455 e. The van der Waals surface area contributed by atoms with E-state index in [2.05, 4.69) is 98.8 Å². The van der Waals surface area contributed by atoms with Crippen LogP contribution < -0.4 is 0 Å². The number of hydrogen-bond donors (Lipinski definition) is 0. The minimum absolute atomic E-state index is 0.197. The summed E-state index contributed by atoms with van der Waals surface area (Å²) in [7, 11) is 0. The van der Waals surface area contributed by atoms with Crippen molar-refractivity contribution < 1.29 is 4.42 Å². The zero-order valence-corrected chi connectivity index (χ0v) is 30.9. The number of furan rings is 1. The fourth-order valence-corrected chi connectivity index (χ4v) is 9.13. The van der Waals surface area contributed by atoms with Crippen LogP contribution in [0.3, 0.4) is 0 Å². The quantitative estimate of drug-likeness (QED) is 0.177. The molecule has 1 aliphatic rings.